The summed E-state index contributed by atoms with van der Waals surface area (Å²) in [6.07, 6.45) is 2.61. The second-order valence-electron chi connectivity index (χ2n) is 2.89. The maximum atomic E-state index is 13.4. The minimum absolute atomic E-state index is 0.296. The van der Waals surface area contributed by atoms with Crippen molar-refractivity contribution in [3.63, 3.8) is 0 Å². The number of hydrogen-bond acceptors (Lipinski definition) is 3. The third-order valence-electron chi connectivity index (χ3n) is 2.06. The number of aryl methyl sites for hydroxylation is 1. The lowest BCUT2D eigenvalue weighted by atomic mass is 10.3. The Morgan fingerprint density at radius 3 is 2.92 bits per heavy atom. The predicted octanol–water partition coefficient (Wildman–Crippen LogP) is 0.957. The van der Waals surface area contributed by atoms with Crippen LogP contribution in [0.5, 0.6) is 0 Å². The second-order valence-corrected chi connectivity index (χ2v) is 2.89. The van der Waals surface area contributed by atoms with E-state index in [0.29, 0.717) is 11.4 Å². The van der Waals surface area contributed by atoms with Gasteiger partial charge >= 0.3 is 0 Å². The summed E-state index contributed by atoms with van der Waals surface area (Å²) in [4.78, 5) is 0. The highest BCUT2D eigenvalue weighted by atomic mass is 19.1. The molecule has 1 unspecified atom stereocenters. The molecular weight excluding hydrogens is 173 g/mol. The summed E-state index contributed by atoms with van der Waals surface area (Å²) < 4.78 is 20.0. The summed E-state index contributed by atoms with van der Waals surface area (Å²) in [7, 11) is 1.70. The van der Waals surface area contributed by atoms with Gasteiger partial charge in [0.2, 0.25) is 6.23 Å². The lowest BCUT2D eigenvalue weighted by Crippen LogP contribution is -2.13. The van der Waals surface area contributed by atoms with Crippen molar-refractivity contribution >= 4 is 0 Å². The van der Waals surface area contributed by atoms with Crippen molar-refractivity contribution in [2.45, 2.75) is 13.2 Å². The second kappa shape index (κ2) is 2.76. The molecule has 5 heteroatoms. The van der Waals surface area contributed by atoms with E-state index in [2.05, 4.69) is 10.4 Å². The van der Waals surface area contributed by atoms with Gasteiger partial charge in [-0.3, -0.25) is 4.68 Å². The Morgan fingerprint density at radius 1 is 1.69 bits per heavy atom. The lowest BCUT2D eigenvalue weighted by Gasteiger charge is -2.07. The molecule has 1 N–H and O–H groups in total. The van der Waals surface area contributed by atoms with Gasteiger partial charge in [0.05, 0.1) is 5.69 Å². The standard InChI is InChI=1S/C8H10FN3O/c1-5-6(9)7(11-12(5)2)8-10-3-4-13-8/h3-4,8,10H,1-2H3. The Labute approximate surface area is 75.0 Å². The molecule has 2 heterocycles. The number of hydrogen-bond donors (Lipinski definition) is 1. The van der Waals surface area contributed by atoms with Crippen LogP contribution in [0.25, 0.3) is 0 Å². The monoisotopic (exact) mass is 183 g/mol. The lowest BCUT2D eigenvalue weighted by molar-refractivity contribution is 0.145. The molecule has 0 bridgehead atoms. The minimum atomic E-state index is -0.486. The van der Waals surface area contributed by atoms with Crippen LogP contribution < -0.4 is 5.32 Å². The van der Waals surface area contributed by atoms with Crippen molar-refractivity contribution in [1.82, 2.24) is 15.1 Å². The van der Waals surface area contributed by atoms with Crippen molar-refractivity contribution < 1.29 is 9.13 Å². The molecule has 0 aromatic carbocycles. The molecule has 0 fully saturated rings. The Morgan fingerprint density at radius 2 is 2.46 bits per heavy atom. The first kappa shape index (κ1) is 8.10. The molecule has 1 aromatic rings. The molecule has 0 aliphatic carbocycles. The van der Waals surface area contributed by atoms with Gasteiger partial charge in [0.15, 0.2) is 11.5 Å². The predicted molar refractivity (Wildman–Crippen MR) is 44.0 cm³/mol. The summed E-state index contributed by atoms with van der Waals surface area (Å²) in [5.41, 5.74) is 0.803. The van der Waals surface area contributed by atoms with Crippen molar-refractivity contribution in [3.8, 4) is 0 Å². The number of halogens is 1. The molecule has 1 aliphatic heterocycles. The van der Waals surface area contributed by atoms with Gasteiger partial charge in [-0.2, -0.15) is 5.10 Å². The highest BCUT2D eigenvalue weighted by molar-refractivity contribution is 5.16. The number of nitrogens with zero attached hydrogens (tertiary/aromatic N) is 2. The fourth-order valence-electron chi connectivity index (χ4n) is 1.20. The van der Waals surface area contributed by atoms with Crippen LogP contribution in [0, 0.1) is 12.7 Å². The van der Waals surface area contributed by atoms with Crippen LogP contribution in [0.3, 0.4) is 0 Å². The van der Waals surface area contributed by atoms with E-state index in [0.717, 1.165) is 0 Å². The molecule has 0 amide bonds. The molecule has 1 aliphatic rings. The van der Waals surface area contributed by atoms with Crippen molar-refractivity contribution in [1.29, 1.82) is 0 Å². The van der Waals surface area contributed by atoms with E-state index in [9.17, 15) is 4.39 Å². The van der Waals surface area contributed by atoms with E-state index >= 15 is 0 Å². The molecule has 0 saturated carbocycles. The molecule has 4 nitrogen and oxygen atoms in total. The maximum absolute atomic E-state index is 13.4. The molecule has 0 radical (unpaired) electrons. The molecule has 1 aromatic heterocycles. The molecule has 2 rings (SSSR count). The fraction of sp³-hybridized carbons (Fsp3) is 0.375. The molecule has 70 valence electrons. The van der Waals surface area contributed by atoms with Gasteiger partial charge in [0, 0.05) is 13.2 Å². The van der Waals surface area contributed by atoms with Crippen LogP contribution in [0.2, 0.25) is 0 Å². The maximum Gasteiger partial charge on any atom is 0.217 e. The number of aromatic nitrogens is 2. The van der Waals surface area contributed by atoms with Crippen LogP contribution in [-0.4, -0.2) is 9.78 Å². The van der Waals surface area contributed by atoms with E-state index in [1.165, 1.54) is 10.9 Å². The highest BCUT2D eigenvalue weighted by Crippen LogP contribution is 2.21. The Hall–Kier alpha value is -1.52. The topological polar surface area (TPSA) is 39.1 Å². The zero-order chi connectivity index (χ0) is 9.42. The van der Waals surface area contributed by atoms with E-state index in [1.54, 1.807) is 20.2 Å². The van der Waals surface area contributed by atoms with Crippen LogP contribution in [-0.2, 0) is 11.8 Å². The zero-order valence-corrected chi connectivity index (χ0v) is 7.41. The summed E-state index contributed by atoms with van der Waals surface area (Å²) in [5.74, 6) is -0.316. The van der Waals surface area contributed by atoms with Crippen LogP contribution in [0.15, 0.2) is 12.5 Å². The summed E-state index contributed by atoms with van der Waals surface area (Å²) in [6, 6.07) is 0. The highest BCUT2D eigenvalue weighted by Gasteiger charge is 2.23. The Kier molecular flexibility index (Phi) is 1.72. The van der Waals surface area contributed by atoms with Crippen molar-refractivity contribution in [2.75, 3.05) is 0 Å². The fourth-order valence-corrected chi connectivity index (χ4v) is 1.20. The Balaban J connectivity index is 2.35. The van der Waals surface area contributed by atoms with Crippen LogP contribution >= 0.6 is 0 Å². The average Bonchev–Trinajstić information content (AvgIpc) is 2.70. The van der Waals surface area contributed by atoms with E-state index in [4.69, 9.17) is 4.74 Å². The first-order chi connectivity index (χ1) is 6.20. The van der Waals surface area contributed by atoms with Gasteiger partial charge in [-0.1, -0.05) is 0 Å². The first-order valence-corrected chi connectivity index (χ1v) is 3.95. The summed E-state index contributed by atoms with van der Waals surface area (Å²) in [6.45, 7) is 1.67. The van der Waals surface area contributed by atoms with Gasteiger partial charge in [-0.05, 0) is 6.92 Å². The summed E-state index contributed by atoms with van der Waals surface area (Å²) >= 11 is 0. The number of rotatable bonds is 1. The SMILES string of the molecule is Cc1c(F)c(C2NC=CO2)nn1C. The molecule has 13 heavy (non-hydrogen) atoms. The smallest absolute Gasteiger partial charge is 0.217 e. The van der Waals surface area contributed by atoms with Gasteiger partial charge in [0.25, 0.3) is 0 Å². The molecular formula is C8H10FN3O. The van der Waals surface area contributed by atoms with Crippen LogP contribution in [0.4, 0.5) is 4.39 Å². The minimum Gasteiger partial charge on any atom is -0.471 e. The largest absolute Gasteiger partial charge is 0.471 e. The first-order valence-electron chi connectivity index (χ1n) is 3.95. The molecule has 0 saturated heterocycles. The number of nitrogens with one attached hydrogen (secondary N) is 1. The van der Waals surface area contributed by atoms with E-state index in [1.807, 2.05) is 0 Å². The summed E-state index contributed by atoms with van der Waals surface area (Å²) in [5, 5.41) is 6.84. The van der Waals surface area contributed by atoms with Gasteiger partial charge < -0.3 is 10.1 Å². The van der Waals surface area contributed by atoms with Crippen LogP contribution in [0.1, 0.15) is 17.6 Å². The van der Waals surface area contributed by atoms with Gasteiger partial charge in [-0.15, -0.1) is 0 Å². The molecule has 0 spiro atoms. The zero-order valence-electron chi connectivity index (χ0n) is 7.41. The normalized spacial score (nSPS) is 20.1. The number of ether oxygens (including phenoxy) is 1. The average molecular weight is 183 g/mol. The quantitative estimate of drug-likeness (QED) is 0.704. The van der Waals surface area contributed by atoms with E-state index < -0.39 is 6.23 Å². The van der Waals surface area contributed by atoms with Gasteiger partial charge in [0.1, 0.15) is 6.26 Å². The van der Waals surface area contributed by atoms with Crippen molar-refractivity contribution in [3.05, 3.63) is 29.7 Å². The van der Waals surface area contributed by atoms with E-state index in [-0.39, 0.29) is 5.82 Å². The van der Waals surface area contributed by atoms with Gasteiger partial charge in [-0.25, -0.2) is 4.39 Å². The Bertz CT molecular complexity index is 351. The van der Waals surface area contributed by atoms with Crippen molar-refractivity contribution in [2.24, 2.45) is 7.05 Å². The third-order valence-corrected chi connectivity index (χ3v) is 2.06. The molecule has 1 atom stereocenters. The third kappa shape index (κ3) is 1.16.